The lowest BCUT2D eigenvalue weighted by Crippen LogP contribution is -2.40. The Morgan fingerprint density at radius 2 is 1.38 bits per heavy atom. The quantitative estimate of drug-likeness (QED) is 0.297. The summed E-state index contributed by atoms with van der Waals surface area (Å²) in [6.45, 7) is 4.38. The van der Waals surface area contributed by atoms with Gasteiger partial charge in [0, 0.05) is 29.8 Å². The van der Waals surface area contributed by atoms with Crippen molar-refractivity contribution >= 4 is 0 Å². The summed E-state index contributed by atoms with van der Waals surface area (Å²) >= 11 is 0. The second kappa shape index (κ2) is 9.54. The Morgan fingerprint density at radius 1 is 0.676 bits per heavy atom. The fraction of sp³-hybridized carbons (Fsp3) is 0.312. The third-order valence-electron chi connectivity index (χ3n) is 7.61. The standard InChI is InChI=1S/C32H36N2/c1-23-20-30(29-13-9-8-10-24(29)2)34(4)32(21-23)31-22-28(18-19-33(31)3)27-16-14-26(15-17-27)25-11-6-5-7-12-25/h8-10,13-22,25H,5-7,11-12H2,1-4H3/q+2. The van der Waals surface area contributed by atoms with E-state index in [1.54, 1.807) is 0 Å². The maximum absolute atomic E-state index is 2.36. The minimum atomic E-state index is 0.748. The lowest BCUT2D eigenvalue weighted by atomic mass is 9.84. The van der Waals surface area contributed by atoms with Crippen molar-refractivity contribution in [1.29, 1.82) is 0 Å². The highest BCUT2D eigenvalue weighted by Crippen LogP contribution is 2.34. The number of pyridine rings is 2. The van der Waals surface area contributed by atoms with E-state index in [9.17, 15) is 0 Å². The minimum absolute atomic E-state index is 0.748. The van der Waals surface area contributed by atoms with E-state index in [0.717, 1.165) is 5.92 Å². The summed E-state index contributed by atoms with van der Waals surface area (Å²) in [6.07, 6.45) is 9.04. The van der Waals surface area contributed by atoms with E-state index in [1.807, 2.05) is 0 Å². The van der Waals surface area contributed by atoms with Gasteiger partial charge < -0.3 is 0 Å². The molecule has 1 aliphatic carbocycles. The van der Waals surface area contributed by atoms with Gasteiger partial charge in [-0.05, 0) is 66.5 Å². The van der Waals surface area contributed by atoms with Gasteiger partial charge in [0.2, 0.25) is 5.69 Å². The SMILES string of the molecule is Cc1cc(-c2ccccc2C)[n+](C)c(-c2cc(-c3ccc(C4CCCCC4)cc3)cc[n+]2C)c1. The Hall–Kier alpha value is -3.26. The summed E-state index contributed by atoms with van der Waals surface area (Å²) in [4.78, 5) is 0. The van der Waals surface area contributed by atoms with E-state index >= 15 is 0 Å². The van der Waals surface area contributed by atoms with Gasteiger partial charge in [-0.25, -0.2) is 0 Å². The lowest BCUT2D eigenvalue weighted by Gasteiger charge is -2.22. The molecule has 0 radical (unpaired) electrons. The third kappa shape index (κ3) is 4.42. The number of hydrogen-bond acceptors (Lipinski definition) is 0. The molecule has 172 valence electrons. The van der Waals surface area contributed by atoms with Crippen molar-refractivity contribution < 1.29 is 9.13 Å². The van der Waals surface area contributed by atoms with Gasteiger partial charge >= 0.3 is 0 Å². The van der Waals surface area contributed by atoms with Crippen LogP contribution in [0.25, 0.3) is 33.8 Å². The van der Waals surface area contributed by atoms with E-state index < -0.39 is 0 Å². The van der Waals surface area contributed by atoms with Crippen molar-refractivity contribution in [3.8, 4) is 33.8 Å². The fourth-order valence-electron chi connectivity index (χ4n) is 5.55. The van der Waals surface area contributed by atoms with Crippen LogP contribution in [0.2, 0.25) is 0 Å². The van der Waals surface area contributed by atoms with E-state index in [1.165, 1.54) is 82.6 Å². The highest BCUT2D eigenvalue weighted by Gasteiger charge is 2.25. The molecule has 34 heavy (non-hydrogen) atoms. The molecule has 0 N–H and O–H groups in total. The van der Waals surface area contributed by atoms with Crippen molar-refractivity contribution in [3.05, 3.63) is 95.7 Å². The monoisotopic (exact) mass is 448 g/mol. The fourth-order valence-corrected chi connectivity index (χ4v) is 5.55. The number of hydrogen-bond donors (Lipinski definition) is 0. The molecule has 2 aromatic carbocycles. The first kappa shape index (κ1) is 22.5. The zero-order chi connectivity index (χ0) is 23.7. The molecular weight excluding hydrogens is 412 g/mol. The third-order valence-corrected chi connectivity index (χ3v) is 7.61. The van der Waals surface area contributed by atoms with Gasteiger partial charge in [-0.15, -0.1) is 0 Å². The molecule has 1 fully saturated rings. The van der Waals surface area contributed by atoms with Crippen LogP contribution < -0.4 is 9.13 Å². The van der Waals surface area contributed by atoms with Crippen LogP contribution in [-0.4, -0.2) is 0 Å². The van der Waals surface area contributed by atoms with E-state index in [0.29, 0.717) is 0 Å². The zero-order valence-electron chi connectivity index (χ0n) is 21.0. The maximum Gasteiger partial charge on any atom is 0.277 e. The summed E-state index contributed by atoms with van der Waals surface area (Å²) in [5.41, 5.74) is 11.6. The number of aromatic nitrogens is 2. The highest BCUT2D eigenvalue weighted by molar-refractivity contribution is 5.68. The predicted molar refractivity (Wildman–Crippen MR) is 140 cm³/mol. The smallest absolute Gasteiger partial charge is 0.196 e. The first-order valence-corrected chi connectivity index (χ1v) is 12.7. The summed E-state index contributed by atoms with van der Waals surface area (Å²) in [5.74, 6) is 0.748. The molecule has 0 saturated heterocycles. The van der Waals surface area contributed by atoms with Gasteiger partial charge in [-0.2, -0.15) is 9.13 Å². The Morgan fingerprint density at radius 3 is 2.12 bits per heavy atom. The van der Waals surface area contributed by atoms with E-state index in [2.05, 4.69) is 116 Å². The average Bonchev–Trinajstić information content (AvgIpc) is 2.87. The minimum Gasteiger partial charge on any atom is -0.196 e. The molecule has 0 aliphatic heterocycles. The zero-order valence-corrected chi connectivity index (χ0v) is 21.0. The van der Waals surface area contributed by atoms with Crippen LogP contribution in [0.4, 0.5) is 0 Å². The molecule has 4 aromatic rings. The van der Waals surface area contributed by atoms with Gasteiger partial charge in [0.25, 0.3) is 11.4 Å². The first-order valence-electron chi connectivity index (χ1n) is 12.7. The van der Waals surface area contributed by atoms with Crippen molar-refractivity contribution in [2.24, 2.45) is 14.1 Å². The van der Waals surface area contributed by atoms with Crippen LogP contribution in [0.3, 0.4) is 0 Å². The van der Waals surface area contributed by atoms with Crippen LogP contribution in [0.5, 0.6) is 0 Å². The molecule has 5 rings (SSSR count). The number of aryl methyl sites for hydroxylation is 3. The molecule has 0 atom stereocenters. The number of rotatable bonds is 4. The van der Waals surface area contributed by atoms with E-state index in [4.69, 9.17) is 0 Å². The van der Waals surface area contributed by atoms with Gasteiger partial charge in [0.15, 0.2) is 6.20 Å². The Labute approximate surface area is 204 Å². The van der Waals surface area contributed by atoms with Crippen molar-refractivity contribution in [2.45, 2.75) is 51.9 Å². The Bertz CT molecular complexity index is 1310. The van der Waals surface area contributed by atoms with Crippen molar-refractivity contribution in [2.75, 3.05) is 0 Å². The van der Waals surface area contributed by atoms with Crippen LogP contribution in [0, 0.1) is 13.8 Å². The van der Waals surface area contributed by atoms with Crippen molar-refractivity contribution in [1.82, 2.24) is 0 Å². The molecule has 0 unspecified atom stereocenters. The molecular formula is C32H36N2+2. The lowest BCUT2D eigenvalue weighted by molar-refractivity contribution is -0.685. The van der Waals surface area contributed by atoms with Crippen LogP contribution in [0.1, 0.15) is 54.7 Å². The van der Waals surface area contributed by atoms with Gasteiger partial charge in [0.05, 0.1) is 0 Å². The molecule has 2 heterocycles. The van der Waals surface area contributed by atoms with Crippen LogP contribution >= 0.6 is 0 Å². The summed E-state index contributed by atoms with van der Waals surface area (Å²) in [5, 5.41) is 0. The average molecular weight is 449 g/mol. The van der Waals surface area contributed by atoms with Crippen molar-refractivity contribution in [3.63, 3.8) is 0 Å². The summed E-state index contributed by atoms with van der Waals surface area (Å²) in [6, 6.07) is 27.2. The number of nitrogens with zero attached hydrogens (tertiary/aromatic N) is 2. The number of benzene rings is 2. The van der Waals surface area contributed by atoms with Gasteiger partial charge in [0.1, 0.15) is 14.1 Å². The van der Waals surface area contributed by atoms with Gasteiger partial charge in [-0.3, -0.25) is 0 Å². The predicted octanol–water partition coefficient (Wildman–Crippen LogP) is 7.00. The Balaban J connectivity index is 1.54. The highest BCUT2D eigenvalue weighted by atomic mass is 15.0. The first-order chi connectivity index (χ1) is 16.5. The van der Waals surface area contributed by atoms with Crippen LogP contribution in [-0.2, 0) is 14.1 Å². The second-order valence-electron chi connectivity index (χ2n) is 10.0. The Kier molecular flexibility index (Phi) is 6.32. The molecule has 1 saturated carbocycles. The topological polar surface area (TPSA) is 7.76 Å². The summed E-state index contributed by atoms with van der Waals surface area (Å²) < 4.78 is 4.57. The molecule has 2 heteroatoms. The van der Waals surface area contributed by atoms with E-state index in [-0.39, 0.29) is 0 Å². The van der Waals surface area contributed by atoms with Gasteiger partial charge in [-0.1, -0.05) is 61.7 Å². The second-order valence-corrected chi connectivity index (χ2v) is 10.0. The molecule has 0 spiro atoms. The maximum atomic E-state index is 2.36. The molecule has 0 bridgehead atoms. The summed E-state index contributed by atoms with van der Waals surface area (Å²) in [7, 11) is 4.32. The largest absolute Gasteiger partial charge is 0.277 e. The molecule has 0 amide bonds. The molecule has 2 aromatic heterocycles. The normalized spacial score (nSPS) is 14.4. The molecule has 1 aliphatic rings. The van der Waals surface area contributed by atoms with Crippen LogP contribution in [0.15, 0.2) is 79.0 Å². The molecule has 2 nitrogen and oxygen atoms in total.